The average molecular weight is 328 g/mol. The van der Waals surface area contributed by atoms with Crippen LogP contribution in [0.3, 0.4) is 0 Å². The Morgan fingerprint density at radius 1 is 1.33 bits per heavy atom. The molecule has 1 aliphatic heterocycles. The third-order valence-corrected chi connectivity index (χ3v) is 4.58. The molecule has 2 aromatic rings. The first-order valence-electron chi connectivity index (χ1n) is 8.46. The van der Waals surface area contributed by atoms with Gasteiger partial charge >= 0.3 is 5.97 Å². The van der Waals surface area contributed by atoms with Crippen LogP contribution in [0.15, 0.2) is 24.4 Å². The van der Waals surface area contributed by atoms with Gasteiger partial charge in [0, 0.05) is 25.5 Å². The van der Waals surface area contributed by atoms with Gasteiger partial charge < -0.3 is 13.9 Å². The molecule has 5 heteroatoms. The summed E-state index contributed by atoms with van der Waals surface area (Å²) in [4.78, 5) is 25.4. The number of ketones is 1. The molecule has 0 aliphatic carbocycles. The van der Waals surface area contributed by atoms with E-state index in [-0.39, 0.29) is 23.8 Å². The van der Waals surface area contributed by atoms with Gasteiger partial charge in [0.2, 0.25) is 5.78 Å². The van der Waals surface area contributed by atoms with Crippen LogP contribution in [-0.4, -0.2) is 27.0 Å². The van der Waals surface area contributed by atoms with Crippen molar-refractivity contribution in [1.82, 2.24) is 9.13 Å². The molecule has 0 fully saturated rings. The van der Waals surface area contributed by atoms with Crippen molar-refractivity contribution in [3.8, 4) is 0 Å². The smallest absolute Gasteiger partial charge is 0.315 e. The van der Waals surface area contributed by atoms with Gasteiger partial charge in [-0.25, -0.2) is 0 Å². The average Bonchev–Trinajstić information content (AvgIpc) is 3.07. The molecular weight excluding hydrogens is 304 g/mol. The van der Waals surface area contributed by atoms with Crippen LogP contribution in [0.1, 0.15) is 60.0 Å². The SMILES string of the molecule is Cc1cc2n(c1C(=O)c1cccn1C)CCCC2C(=O)OC(C)C. The lowest BCUT2D eigenvalue weighted by molar-refractivity contribution is -0.149. The fourth-order valence-electron chi connectivity index (χ4n) is 3.51. The van der Waals surface area contributed by atoms with Gasteiger partial charge in [0.25, 0.3) is 0 Å². The molecule has 0 amide bonds. The first-order chi connectivity index (χ1) is 11.4. The predicted octanol–water partition coefficient (Wildman–Crippen LogP) is 3.20. The second kappa shape index (κ2) is 6.30. The van der Waals surface area contributed by atoms with Crippen molar-refractivity contribution in [3.63, 3.8) is 0 Å². The zero-order valence-electron chi connectivity index (χ0n) is 14.7. The number of rotatable bonds is 4. The highest BCUT2D eigenvalue weighted by Crippen LogP contribution is 2.33. The van der Waals surface area contributed by atoms with Crippen molar-refractivity contribution in [2.45, 2.75) is 52.2 Å². The molecule has 1 aliphatic rings. The van der Waals surface area contributed by atoms with Crippen LogP contribution < -0.4 is 0 Å². The van der Waals surface area contributed by atoms with E-state index in [1.807, 2.05) is 61.3 Å². The van der Waals surface area contributed by atoms with E-state index >= 15 is 0 Å². The third-order valence-electron chi connectivity index (χ3n) is 4.58. The molecule has 3 heterocycles. The largest absolute Gasteiger partial charge is 0.462 e. The molecule has 0 radical (unpaired) electrons. The maximum Gasteiger partial charge on any atom is 0.315 e. The number of esters is 1. The molecule has 3 rings (SSSR count). The highest BCUT2D eigenvalue weighted by Gasteiger charge is 2.33. The lowest BCUT2D eigenvalue weighted by Gasteiger charge is -2.25. The van der Waals surface area contributed by atoms with Crippen molar-refractivity contribution < 1.29 is 14.3 Å². The van der Waals surface area contributed by atoms with Gasteiger partial charge in [0.15, 0.2) is 0 Å². The summed E-state index contributed by atoms with van der Waals surface area (Å²) in [7, 11) is 1.87. The van der Waals surface area contributed by atoms with E-state index < -0.39 is 0 Å². The molecule has 0 saturated heterocycles. The molecule has 2 aromatic heterocycles. The summed E-state index contributed by atoms with van der Waals surface area (Å²) in [6.45, 7) is 6.41. The second-order valence-electron chi connectivity index (χ2n) is 6.77. The van der Waals surface area contributed by atoms with E-state index in [9.17, 15) is 9.59 Å². The molecule has 1 atom stereocenters. The number of carbonyl (C=O) groups excluding carboxylic acids is 2. The summed E-state index contributed by atoms with van der Waals surface area (Å²) in [5.41, 5.74) is 3.17. The Morgan fingerprint density at radius 2 is 2.08 bits per heavy atom. The molecule has 128 valence electrons. The summed E-state index contributed by atoms with van der Waals surface area (Å²) < 4.78 is 9.25. The van der Waals surface area contributed by atoms with Gasteiger partial charge in [0.1, 0.15) is 0 Å². The van der Waals surface area contributed by atoms with E-state index in [0.717, 1.165) is 30.6 Å². The van der Waals surface area contributed by atoms with Gasteiger partial charge in [0.05, 0.1) is 23.4 Å². The van der Waals surface area contributed by atoms with Crippen molar-refractivity contribution in [2.24, 2.45) is 7.05 Å². The number of hydrogen-bond donors (Lipinski definition) is 0. The normalized spacial score (nSPS) is 17.0. The predicted molar refractivity (Wildman–Crippen MR) is 91.2 cm³/mol. The van der Waals surface area contributed by atoms with E-state index in [0.29, 0.717) is 11.4 Å². The zero-order valence-corrected chi connectivity index (χ0v) is 14.7. The summed E-state index contributed by atoms with van der Waals surface area (Å²) in [5, 5.41) is 0. The van der Waals surface area contributed by atoms with Crippen LogP contribution >= 0.6 is 0 Å². The number of carbonyl (C=O) groups is 2. The van der Waals surface area contributed by atoms with Crippen molar-refractivity contribution in [1.29, 1.82) is 0 Å². The Balaban J connectivity index is 2.00. The minimum Gasteiger partial charge on any atom is -0.462 e. The summed E-state index contributed by atoms with van der Waals surface area (Å²) in [6, 6.07) is 5.67. The number of nitrogens with zero attached hydrogens (tertiary/aromatic N) is 2. The highest BCUT2D eigenvalue weighted by molar-refractivity contribution is 6.08. The molecule has 0 bridgehead atoms. The van der Waals surface area contributed by atoms with Crippen molar-refractivity contribution in [2.75, 3.05) is 0 Å². The number of aromatic nitrogens is 2. The Morgan fingerprint density at radius 3 is 2.71 bits per heavy atom. The molecule has 0 aromatic carbocycles. The van der Waals surface area contributed by atoms with Crippen LogP contribution in [0.2, 0.25) is 0 Å². The standard InChI is InChI=1S/C19H24N2O3/c1-12(2)24-19(23)14-7-5-10-21-16(14)11-13(3)17(21)18(22)15-8-6-9-20(15)4/h6,8-9,11-12,14H,5,7,10H2,1-4H3. The first-order valence-corrected chi connectivity index (χ1v) is 8.46. The molecular formula is C19H24N2O3. The minimum atomic E-state index is -0.283. The third kappa shape index (κ3) is 2.79. The van der Waals surface area contributed by atoms with E-state index in [4.69, 9.17) is 4.74 Å². The lowest BCUT2D eigenvalue weighted by atomic mass is 9.96. The Labute approximate surface area is 142 Å². The van der Waals surface area contributed by atoms with Gasteiger partial charge in [-0.3, -0.25) is 9.59 Å². The molecule has 0 saturated carbocycles. The Hall–Kier alpha value is -2.30. The fraction of sp³-hybridized carbons (Fsp3) is 0.474. The molecule has 24 heavy (non-hydrogen) atoms. The molecule has 0 spiro atoms. The molecule has 1 unspecified atom stereocenters. The van der Waals surface area contributed by atoms with E-state index in [1.54, 1.807) is 0 Å². The molecule has 5 nitrogen and oxygen atoms in total. The van der Waals surface area contributed by atoms with Crippen LogP contribution in [0.4, 0.5) is 0 Å². The monoisotopic (exact) mass is 328 g/mol. The Bertz CT molecular complexity index is 783. The highest BCUT2D eigenvalue weighted by atomic mass is 16.5. The topological polar surface area (TPSA) is 53.2 Å². The van der Waals surface area contributed by atoms with Crippen molar-refractivity contribution in [3.05, 3.63) is 47.0 Å². The van der Waals surface area contributed by atoms with Gasteiger partial charge in [-0.1, -0.05) is 0 Å². The number of aryl methyl sites for hydroxylation is 2. The Kier molecular flexibility index (Phi) is 4.35. The lowest BCUT2D eigenvalue weighted by Crippen LogP contribution is -2.27. The summed E-state index contributed by atoms with van der Waals surface area (Å²) in [5.74, 6) is -0.472. The van der Waals surface area contributed by atoms with E-state index in [1.165, 1.54) is 0 Å². The summed E-state index contributed by atoms with van der Waals surface area (Å²) >= 11 is 0. The van der Waals surface area contributed by atoms with Gasteiger partial charge in [-0.2, -0.15) is 0 Å². The van der Waals surface area contributed by atoms with Gasteiger partial charge in [-0.05, 0) is 57.4 Å². The minimum absolute atomic E-state index is 0.00382. The number of hydrogen-bond acceptors (Lipinski definition) is 3. The quantitative estimate of drug-likeness (QED) is 0.640. The van der Waals surface area contributed by atoms with E-state index in [2.05, 4.69) is 0 Å². The maximum absolute atomic E-state index is 13.0. The number of ether oxygens (including phenoxy) is 1. The summed E-state index contributed by atoms with van der Waals surface area (Å²) in [6.07, 6.45) is 3.37. The zero-order chi connectivity index (χ0) is 17.4. The van der Waals surface area contributed by atoms with Crippen LogP contribution in [-0.2, 0) is 23.1 Å². The second-order valence-corrected chi connectivity index (χ2v) is 6.77. The van der Waals surface area contributed by atoms with Crippen LogP contribution in [0, 0.1) is 6.92 Å². The van der Waals surface area contributed by atoms with Crippen LogP contribution in [0.5, 0.6) is 0 Å². The van der Waals surface area contributed by atoms with Crippen LogP contribution in [0.25, 0.3) is 0 Å². The van der Waals surface area contributed by atoms with Gasteiger partial charge in [-0.15, -0.1) is 0 Å². The maximum atomic E-state index is 13.0. The fourth-order valence-corrected chi connectivity index (χ4v) is 3.51. The number of fused-ring (bicyclic) bond motifs is 1. The van der Waals surface area contributed by atoms with Crippen molar-refractivity contribution >= 4 is 11.8 Å². The first kappa shape index (κ1) is 16.6. The molecule has 0 N–H and O–H groups in total.